The molecule has 0 saturated carbocycles. The molecule has 1 atom stereocenters. The Morgan fingerprint density at radius 2 is 1.79 bits per heavy atom. The monoisotopic (exact) mass is 202 g/mol. The summed E-state index contributed by atoms with van der Waals surface area (Å²) >= 11 is 0. The van der Waals surface area contributed by atoms with Gasteiger partial charge in [0.05, 0.1) is 0 Å². The Morgan fingerprint density at radius 1 is 1.14 bits per heavy atom. The van der Waals surface area contributed by atoms with Crippen molar-refractivity contribution in [3.63, 3.8) is 0 Å². The van der Waals surface area contributed by atoms with E-state index in [0.29, 0.717) is 19.8 Å². The maximum Gasteiger partial charge on any atom is 0.509 e. The molecule has 0 aromatic carbocycles. The fraction of sp³-hybridized carbons (Fsp3) is 0.500. The lowest BCUT2D eigenvalue weighted by molar-refractivity contribution is 0.125. The molecule has 6 heteroatoms. The second-order valence-electron chi connectivity index (χ2n) is 2.40. The smallest absolute Gasteiger partial charge is 0.431 e. The Bertz CT molecular complexity index is 228. The van der Waals surface area contributed by atoms with Crippen LogP contribution in [0.3, 0.4) is 0 Å². The van der Waals surface area contributed by atoms with Gasteiger partial charge in [-0.25, -0.2) is 9.59 Å². The van der Waals surface area contributed by atoms with E-state index in [-0.39, 0.29) is 6.10 Å². The fourth-order valence-electron chi connectivity index (χ4n) is 0.750. The number of ether oxygens (including phenoxy) is 4. The van der Waals surface area contributed by atoms with Crippen LogP contribution in [0, 0.1) is 0 Å². The minimum atomic E-state index is -0.602. The number of rotatable bonds is 1. The topological polar surface area (TPSA) is 71.1 Å². The highest BCUT2D eigenvalue weighted by Crippen LogP contribution is 2.05. The van der Waals surface area contributed by atoms with Gasteiger partial charge < -0.3 is 18.9 Å². The number of hydrogen-bond acceptors (Lipinski definition) is 6. The van der Waals surface area contributed by atoms with Gasteiger partial charge in [-0.05, 0) is 6.08 Å². The molecule has 0 N–H and O–H groups in total. The molecule has 2 aliphatic heterocycles. The number of carbonyl (C=O) groups is 2. The minimum Gasteiger partial charge on any atom is -0.431 e. The van der Waals surface area contributed by atoms with Crippen molar-refractivity contribution in [2.45, 2.75) is 6.10 Å². The molecule has 78 valence electrons. The quantitative estimate of drug-likeness (QED) is 0.464. The van der Waals surface area contributed by atoms with Gasteiger partial charge in [-0.2, -0.15) is 0 Å². The zero-order chi connectivity index (χ0) is 10.4. The van der Waals surface area contributed by atoms with Crippen LogP contribution >= 0.6 is 0 Å². The van der Waals surface area contributed by atoms with Crippen molar-refractivity contribution in [2.75, 3.05) is 19.8 Å². The summed E-state index contributed by atoms with van der Waals surface area (Å²) in [5.74, 6) is 0. The molecule has 2 rings (SSSR count). The van der Waals surface area contributed by atoms with Gasteiger partial charge in [0.2, 0.25) is 0 Å². The summed E-state index contributed by atoms with van der Waals surface area (Å²) in [4.78, 5) is 19.9. The third-order valence-corrected chi connectivity index (χ3v) is 1.40. The van der Waals surface area contributed by atoms with Crippen LogP contribution in [0.15, 0.2) is 12.7 Å². The lowest BCUT2D eigenvalue weighted by Crippen LogP contribution is -2.03. The summed E-state index contributed by atoms with van der Waals surface area (Å²) in [6, 6.07) is 0. The van der Waals surface area contributed by atoms with Crippen LogP contribution in [0.4, 0.5) is 9.59 Å². The van der Waals surface area contributed by atoms with Crippen LogP contribution in [0.2, 0.25) is 0 Å². The standard InChI is InChI=1S/C5H6O3.C3H4O3/c1-2-4-3-7-5(6)8-4;4-3-5-1-2-6-3/h2,4H,1,3H2;1-2H2. The molecule has 0 radical (unpaired) electrons. The lowest BCUT2D eigenvalue weighted by atomic mass is 10.4. The Balaban J connectivity index is 0.000000146. The average Bonchev–Trinajstić information content (AvgIpc) is 2.77. The first-order valence-electron chi connectivity index (χ1n) is 3.98. The van der Waals surface area contributed by atoms with Crippen LogP contribution < -0.4 is 0 Å². The van der Waals surface area contributed by atoms with Gasteiger partial charge in [0.25, 0.3) is 0 Å². The molecule has 2 fully saturated rings. The van der Waals surface area contributed by atoms with E-state index in [9.17, 15) is 9.59 Å². The maximum absolute atomic E-state index is 10.1. The summed E-state index contributed by atoms with van der Waals surface area (Å²) in [6.45, 7) is 4.56. The summed E-state index contributed by atoms with van der Waals surface area (Å²) < 4.78 is 17.5. The summed E-state index contributed by atoms with van der Waals surface area (Å²) in [7, 11) is 0. The van der Waals surface area contributed by atoms with E-state index in [4.69, 9.17) is 0 Å². The molecule has 2 aliphatic rings. The van der Waals surface area contributed by atoms with Crippen molar-refractivity contribution in [3.8, 4) is 0 Å². The molecule has 0 amide bonds. The van der Waals surface area contributed by atoms with Crippen molar-refractivity contribution in [1.82, 2.24) is 0 Å². The Morgan fingerprint density at radius 3 is 2.00 bits per heavy atom. The van der Waals surface area contributed by atoms with Gasteiger partial charge in [0.15, 0.2) is 6.10 Å². The first kappa shape index (κ1) is 10.4. The zero-order valence-corrected chi connectivity index (χ0v) is 7.43. The number of hydrogen-bond donors (Lipinski definition) is 0. The van der Waals surface area contributed by atoms with Crippen LogP contribution in [0.25, 0.3) is 0 Å². The molecular weight excluding hydrogens is 192 g/mol. The second-order valence-corrected chi connectivity index (χ2v) is 2.40. The highest BCUT2D eigenvalue weighted by Gasteiger charge is 2.20. The van der Waals surface area contributed by atoms with E-state index in [0.717, 1.165) is 0 Å². The van der Waals surface area contributed by atoms with Gasteiger partial charge in [-0.1, -0.05) is 6.58 Å². The molecule has 2 heterocycles. The first-order chi connectivity index (χ1) is 6.72. The minimum absolute atomic E-state index is 0.234. The maximum atomic E-state index is 10.1. The fourth-order valence-corrected chi connectivity index (χ4v) is 0.750. The second kappa shape index (κ2) is 5.11. The third-order valence-electron chi connectivity index (χ3n) is 1.40. The Kier molecular flexibility index (Phi) is 3.78. The zero-order valence-electron chi connectivity index (χ0n) is 7.43. The largest absolute Gasteiger partial charge is 0.509 e. The van der Waals surface area contributed by atoms with Crippen LogP contribution in [0.1, 0.15) is 0 Å². The van der Waals surface area contributed by atoms with E-state index in [2.05, 4.69) is 25.5 Å². The van der Waals surface area contributed by atoms with Gasteiger partial charge in [0.1, 0.15) is 19.8 Å². The van der Waals surface area contributed by atoms with E-state index in [1.165, 1.54) is 6.08 Å². The molecule has 0 aromatic heterocycles. The molecule has 6 nitrogen and oxygen atoms in total. The number of cyclic esters (lactones) is 4. The highest BCUT2D eigenvalue weighted by molar-refractivity contribution is 5.62. The SMILES string of the molecule is C=CC1COC(=O)O1.O=C1OCCO1. The highest BCUT2D eigenvalue weighted by atomic mass is 16.8. The van der Waals surface area contributed by atoms with E-state index < -0.39 is 12.3 Å². The summed E-state index contributed by atoms with van der Waals surface area (Å²) in [5.41, 5.74) is 0. The normalized spacial score (nSPS) is 23.6. The molecule has 1 unspecified atom stereocenters. The van der Waals surface area contributed by atoms with Gasteiger partial charge >= 0.3 is 12.3 Å². The van der Waals surface area contributed by atoms with Crippen LogP contribution in [0.5, 0.6) is 0 Å². The van der Waals surface area contributed by atoms with Crippen molar-refractivity contribution < 1.29 is 28.5 Å². The Hall–Kier alpha value is -1.72. The summed E-state index contributed by atoms with van der Waals surface area (Å²) in [5, 5.41) is 0. The lowest BCUT2D eigenvalue weighted by Gasteiger charge is -1.92. The van der Waals surface area contributed by atoms with Crippen molar-refractivity contribution in [2.24, 2.45) is 0 Å². The molecule has 14 heavy (non-hydrogen) atoms. The van der Waals surface area contributed by atoms with Gasteiger partial charge in [0, 0.05) is 0 Å². The Labute approximate surface area is 80.4 Å². The average molecular weight is 202 g/mol. The molecule has 2 saturated heterocycles. The van der Waals surface area contributed by atoms with Gasteiger partial charge in [-0.15, -0.1) is 0 Å². The van der Waals surface area contributed by atoms with E-state index in [1.807, 2.05) is 0 Å². The van der Waals surface area contributed by atoms with Crippen molar-refractivity contribution in [3.05, 3.63) is 12.7 Å². The predicted octanol–water partition coefficient (Wildman–Crippen LogP) is 0.861. The van der Waals surface area contributed by atoms with Crippen LogP contribution in [-0.4, -0.2) is 38.2 Å². The molecule has 0 bridgehead atoms. The van der Waals surface area contributed by atoms with Crippen molar-refractivity contribution >= 4 is 12.3 Å². The van der Waals surface area contributed by atoms with Crippen molar-refractivity contribution in [1.29, 1.82) is 0 Å². The molecule has 0 aliphatic carbocycles. The van der Waals surface area contributed by atoms with Crippen LogP contribution in [-0.2, 0) is 18.9 Å². The molecule has 0 spiro atoms. The first-order valence-corrected chi connectivity index (χ1v) is 3.98. The molecule has 0 aromatic rings. The third kappa shape index (κ3) is 3.34. The van der Waals surface area contributed by atoms with Gasteiger partial charge in [-0.3, -0.25) is 0 Å². The summed E-state index contributed by atoms with van der Waals surface area (Å²) in [6.07, 6.45) is 0.151. The predicted molar refractivity (Wildman–Crippen MR) is 43.7 cm³/mol. The molecular formula is C8H10O6. The number of carbonyl (C=O) groups excluding carboxylic acids is 2. The van der Waals surface area contributed by atoms with E-state index >= 15 is 0 Å². The van der Waals surface area contributed by atoms with E-state index in [1.54, 1.807) is 0 Å².